The Balaban J connectivity index is 0.00000162. The van der Waals surface area contributed by atoms with Crippen molar-refractivity contribution in [2.45, 2.75) is 79.1 Å². The van der Waals surface area contributed by atoms with Gasteiger partial charge in [-0.05, 0) is 75.5 Å². The maximum Gasteiger partial charge on any atom is -0.0322 e. The van der Waals surface area contributed by atoms with Crippen molar-refractivity contribution in [3.05, 3.63) is 12.2 Å². The number of hydrogen-bond donors (Lipinski definition) is 0. The first-order valence-corrected chi connectivity index (χ1v) is 7.90. The second kappa shape index (κ2) is 8.02. The highest BCUT2D eigenvalue weighted by Gasteiger charge is 2.29. The molecule has 0 aromatic heterocycles. The van der Waals surface area contributed by atoms with Gasteiger partial charge in [-0.1, -0.05) is 39.3 Å². The van der Waals surface area contributed by atoms with Crippen LogP contribution in [0.2, 0.25) is 0 Å². The highest BCUT2D eigenvalue weighted by Crippen LogP contribution is 2.41. The van der Waals surface area contributed by atoms with Gasteiger partial charge < -0.3 is 0 Å². The summed E-state index contributed by atoms with van der Waals surface area (Å²) in [6, 6.07) is 0. The molecule has 2 saturated carbocycles. The standard InChI is InChI=1S/C17H30.CH4/c1-3-4-5-15-8-12-17(13-9-15)16-10-6-14(2)7-11-16;/h3-4,14-17H,5-13H2,1-2H3;1H4. The summed E-state index contributed by atoms with van der Waals surface area (Å²) in [5, 5.41) is 0. The van der Waals surface area contributed by atoms with E-state index in [2.05, 4.69) is 26.0 Å². The molecular weight excluding hydrogens is 216 g/mol. The van der Waals surface area contributed by atoms with Gasteiger partial charge in [-0.25, -0.2) is 0 Å². The predicted octanol–water partition coefficient (Wildman–Crippen LogP) is 6.22. The predicted molar refractivity (Wildman–Crippen MR) is 82.7 cm³/mol. The molecule has 2 aliphatic rings. The highest BCUT2D eigenvalue weighted by molar-refractivity contribution is 4.85. The molecule has 0 spiro atoms. The molecule has 0 bridgehead atoms. The van der Waals surface area contributed by atoms with Crippen molar-refractivity contribution < 1.29 is 0 Å². The molecule has 0 saturated heterocycles. The minimum Gasteiger partial charge on any atom is -0.0917 e. The topological polar surface area (TPSA) is 0 Å². The third-order valence-corrected chi connectivity index (χ3v) is 5.32. The molecule has 0 aliphatic heterocycles. The Morgan fingerprint density at radius 3 is 1.83 bits per heavy atom. The molecule has 106 valence electrons. The third kappa shape index (κ3) is 4.44. The molecular formula is C18H34. The second-order valence-electron chi connectivity index (χ2n) is 6.61. The van der Waals surface area contributed by atoms with Crippen molar-refractivity contribution in [1.29, 1.82) is 0 Å². The lowest BCUT2D eigenvalue weighted by Gasteiger charge is -2.37. The highest BCUT2D eigenvalue weighted by atomic mass is 14.3. The Hall–Kier alpha value is -0.260. The summed E-state index contributed by atoms with van der Waals surface area (Å²) < 4.78 is 0. The van der Waals surface area contributed by atoms with Gasteiger partial charge in [0.05, 0.1) is 0 Å². The van der Waals surface area contributed by atoms with Crippen molar-refractivity contribution in [2.75, 3.05) is 0 Å². The van der Waals surface area contributed by atoms with Crippen LogP contribution in [0, 0.1) is 23.7 Å². The molecule has 2 fully saturated rings. The van der Waals surface area contributed by atoms with Crippen LogP contribution in [0.25, 0.3) is 0 Å². The van der Waals surface area contributed by atoms with Crippen LogP contribution < -0.4 is 0 Å². The normalized spacial score (nSPS) is 37.4. The van der Waals surface area contributed by atoms with Crippen LogP contribution in [0.5, 0.6) is 0 Å². The molecule has 0 radical (unpaired) electrons. The van der Waals surface area contributed by atoms with Gasteiger partial charge >= 0.3 is 0 Å². The Morgan fingerprint density at radius 1 is 0.833 bits per heavy atom. The van der Waals surface area contributed by atoms with Crippen molar-refractivity contribution in [2.24, 2.45) is 23.7 Å². The van der Waals surface area contributed by atoms with Gasteiger partial charge in [0.1, 0.15) is 0 Å². The summed E-state index contributed by atoms with van der Waals surface area (Å²) >= 11 is 0. The lowest BCUT2D eigenvalue weighted by molar-refractivity contribution is 0.151. The summed E-state index contributed by atoms with van der Waals surface area (Å²) in [5.74, 6) is 4.19. The van der Waals surface area contributed by atoms with E-state index in [0.717, 1.165) is 23.7 Å². The SMILES string of the molecule is C.CC=CCC1CCC(C2CCC(C)CC2)CC1. The first-order chi connectivity index (χ1) is 8.29. The number of allylic oxidation sites excluding steroid dienone is 2. The van der Waals surface area contributed by atoms with Crippen molar-refractivity contribution >= 4 is 0 Å². The summed E-state index contributed by atoms with van der Waals surface area (Å²) in [6.45, 7) is 4.58. The lowest BCUT2D eigenvalue weighted by Crippen LogP contribution is -2.25. The molecule has 18 heavy (non-hydrogen) atoms. The van der Waals surface area contributed by atoms with E-state index >= 15 is 0 Å². The lowest BCUT2D eigenvalue weighted by atomic mass is 9.69. The fraction of sp³-hybridized carbons (Fsp3) is 0.889. The minimum absolute atomic E-state index is 0. The zero-order valence-corrected chi connectivity index (χ0v) is 11.8. The molecule has 2 rings (SSSR count). The first-order valence-electron chi connectivity index (χ1n) is 7.90. The molecule has 2 aliphatic carbocycles. The summed E-state index contributed by atoms with van der Waals surface area (Å²) in [4.78, 5) is 0. The molecule has 0 aromatic rings. The van der Waals surface area contributed by atoms with E-state index < -0.39 is 0 Å². The van der Waals surface area contributed by atoms with Crippen LogP contribution in [0.15, 0.2) is 12.2 Å². The van der Waals surface area contributed by atoms with Gasteiger partial charge in [-0.3, -0.25) is 0 Å². The van der Waals surface area contributed by atoms with Gasteiger partial charge in [-0.15, -0.1) is 0 Å². The molecule has 0 heterocycles. The van der Waals surface area contributed by atoms with Gasteiger partial charge in [0.15, 0.2) is 0 Å². The smallest absolute Gasteiger partial charge is 0.0322 e. The maximum absolute atomic E-state index is 2.43. The summed E-state index contributed by atoms with van der Waals surface area (Å²) in [6.07, 6.45) is 18.1. The van der Waals surface area contributed by atoms with E-state index in [4.69, 9.17) is 0 Å². The van der Waals surface area contributed by atoms with Crippen LogP contribution in [0.4, 0.5) is 0 Å². The van der Waals surface area contributed by atoms with Gasteiger partial charge in [0.25, 0.3) is 0 Å². The summed E-state index contributed by atoms with van der Waals surface area (Å²) in [7, 11) is 0. The molecule has 0 unspecified atom stereocenters. The Labute approximate surface area is 115 Å². The van der Waals surface area contributed by atoms with Crippen molar-refractivity contribution in [1.82, 2.24) is 0 Å². The van der Waals surface area contributed by atoms with Gasteiger partial charge in [0.2, 0.25) is 0 Å². The largest absolute Gasteiger partial charge is 0.0917 e. The third-order valence-electron chi connectivity index (χ3n) is 5.32. The van der Waals surface area contributed by atoms with Crippen LogP contribution in [-0.2, 0) is 0 Å². The molecule has 0 nitrogen and oxygen atoms in total. The van der Waals surface area contributed by atoms with E-state index in [9.17, 15) is 0 Å². The fourth-order valence-corrected chi connectivity index (χ4v) is 3.98. The van der Waals surface area contributed by atoms with E-state index in [1.54, 1.807) is 0 Å². The average Bonchev–Trinajstić information content (AvgIpc) is 2.38. The Morgan fingerprint density at radius 2 is 1.33 bits per heavy atom. The monoisotopic (exact) mass is 250 g/mol. The molecule has 0 amide bonds. The van der Waals surface area contributed by atoms with E-state index in [-0.39, 0.29) is 7.43 Å². The van der Waals surface area contributed by atoms with E-state index in [1.165, 1.54) is 57.8 Å². The van der Waals surface area contributed by atoms with Crippen LogP contribution in [0.1, 0.15) is 79.1 Å². The Bertz CT molecular complexity index is 224. The summed E-state index contributed by atoms with van der Waals surface area (Å²) in [5.41, 5.74) is 0. The van der Waals surface area contributed by atoms with Crippen LogP contribution >= 0.6 is 0 Å². The Kier molecular flexibility index (Phi) is 7.04. The molecule has 0 atom stereocenters. The molecule has 0 aromatic carbocycles. The number of hydrogen-bond acceptors (Lipinski definition) is 0. The molecule has 0 N–H and O–H groups in total. The van der Waals surface area contributed by atoms with Crippen LogP contribution in [-0.4, -0.2) is 0 Å². The van der Waals surface area contributed by atoms with E-state index in [1.807, 2.05) is 0 Å². The molecule has 0 heteroatoms. The fourth-order valence-electron chi connectivity index (χ4n) is 3.98. The quantitative estimate of drug-likeness (QED) is 0.521. The second-order valence-corrected chi connectivity index (χ2v) is 6.61. The van der Waals surface area contributed by atoms with Gasteiger partial charge in [-0.2, -0.15) is 0 Å². The first kappa shape index (κ1) is 15.8. The average molecular weight is 250 g/mol. The minimum atomic E-state index is 0. The van der Waals surface area contributed by atoms with Gasteiger partial charge in [0, 0.05) is 0 Å². The van der Waals surface area contributed by atoms with Crippen molar-refractivity contribution in [3.63, 3.8) is 0 Å². The maximum atomic E-state index is 2.43. The van der Waals surface area contributed by atoms with Crippen molar-refractivity contribution in [3.8, 4) is 0 Å². The zero-order chi connectivity index (χ0) is 12.1. The zero-order valence-electron chi connectivity index (χ0n) is 11.8. The van der Waals surface area contributed by atoms with Crippen LogP contribution in [0.3, 0.4) is 0 Å². The van der Waals surface area contributed by atoms with E-state index in [0.29, 0.717) is 0 Å². The number of rotatable bonds is 3.